The lowest BCUT2D eigenvalue weighted by Gasteiger charge is -2.14. The molecular weight excluding hydrogens is 363 g/mol. The minimum absolute atomic E-state index is 0.192. The highest BCUT2D eigenvalue weighted by Gasteiger charge is 2.32. The largest absolute Gasteiger partial charge is 0.441 e. The number of hydrogen-bond acceptors (Lipinski definition) is 5. The summed E-state index contributed by atoms with van der Waals surface area (Å²) in [7, 11) is 0. The number of amides is 1. The highest BCUT2D eigenvalue weighted by molar-refractivity contribution is 5.90. The zero-order chi connectivity index (χ0) is 19.8. The van der Waals surface area contributed by atoms with Crippen LogP contribution in [-0.2, 0) is 4.74 Å². The number of hydrogen-bond donors (Lipinski definition) is 1. The molecule has 0 aliphatic carbocycles. The van der Waals surface area contributed by atoms with Gasteiger partial charge in [0, 0.05) is 11.1 Å². The zero-order valence-electron chi connectivity index (χ0n) is 15.5. The number of benzene rings is 2. The number of aliphatic hydroxyl groups excluding tert-OH is 1. The van der Waals surface area contributed by atoms with E-state index >= 15 is 0 Å². The van der Waals surface area contributed by atoms with Crippen molar-refractivity contribution >= 4 is 11.8 Å². The number of aryl methyl sites for hydroxylation is 2. The Hall–Kier alpha value is -3.19. The van der Waals surface area contributed by atoms with Crippen LogP contribution in [0.25, 0.3) is 22.6 Å². The first-order valence-electron chi connectivity index (χ1n) is 8.89. The minimum atomic E-state index is -0.592. The van der Waals surface area contributed by atoms with E-state index in [1.54, 1.807) is 24.3 Å². The number of aliphatic hydroxyl groups is 1. The van der Waals surface area contributed by atoms with Crippen LogP contribution in [0.2, 0.25) is 0 Å². The fourth-order valence-corrected chi connectivity index (χ4v) is 3.12. The standard InChI is InChI=1S/C21H19FN2O4/c1-12-13(2)27-20(23-12)15-5-3-14(4-6-15)18-8-7-16(9-19(18)22)24-10-17(11-25)28-21(24)26/h3-9,17,25H,10-11H2,1-2H3/t17-/m1/s1. The molecule has 1 aliphatic rings. The Morgan fingerprint density at radius 3 is 2.46 bits per heavy atom. The maximum Gasteiger partial charge on any atom is 0.414 e. The third-order valence-corrected chi connectivity index (χ3v) is 4.81. The molecule has 0 spiro atoms. The molecule has 28 heavy (non-hydrogen) atoms. The smallest absolute Gasteiger partial charge is 0.414 e. The van der Waals surface area contributed by atoms with E-state index in [9.17, 15) is 9.18 Å². The van der Waals surface area contributed by atoms with Gasteiger partial charge in [-0.15, -0.1) is 0 Å². The molecule has 2 aromatic carbocycles. The molecule has 4 rings (SSSR count). The Bertz CT molecular complexity index is 1010. The lowest BCUT2D eigenvalue weighted by atomic mass is 10.0. The average molecular weight is 382 g/mol. The summed E-state index contributed by atoms with van der Waals surface area (Å²) >= 11 is 0. The zero-order valence-corrected chi connectivity index (χ0v) is 15.5. The predicted octanol–water partition coefficient (Wildman–Crippen LogP) is 4.08. The number of halogens is 1. The van der Waals surface area contributed by atoms with E-state index in [4.69, 9.17) is 14.3 Å². The fraction of sp³-hybridized carbons (Fsp3) is 0.238. The molecule has 1 aliphatic heterocycles. The first-order chi connectivity index (χ1) is 13.5. The van der Waals surface area contributed by atoms with Crippen molar-refractivity contribution in [3.8, 4) is 22.6 Å². The molecule has 3 aromatic rings. The van der Waals surface area contributed by atoms with Gasteiger partial charge in [-0.1, -0.05) is 12.1 Å². The Kier molecular flexibility index (Phi) is 4.60. The predicted molar refractivity (Wildman–Crippen MR) is 102 cm³/mol. The van der Waals surface area contributed by atoms with Crippen LogP contribution in [0.5, 0.6) is 0 Å². The molecule has 6 nitrogen and oxygen atoms in total. The molecule has 144 valence electrons. The first-order valence-corrected chi connectivity index (χ1v) is 8.89. The molecule has 0 radical (unpaired) electrons. The van der Waals surface area contributed by atoms with Crippen molar-refractivity contribution in [1.29, 1.82) is 0 Å². The van der Waals surface area contributed by atoms with E-state index in [1.165, 1.54) is 11.0 Å². The number of anilines is 1. The quantitative estimate of drug-likeness (QED) is 0.736. The van der Waals surface area contributed by atoms with Gasteiger partial charge in [-0.05, 0) is 49.7 Å². The minimum Gasteiger partial charge on any atom is -0.441 e. The maximum absolute atomic E-state index is 14.7. The van der Waals surface area contributed by atoms with Crippen LogP contribution in [0.1, 0.15) is 11.5 Å². The molecule has 1 aromatic heterocycles. The summed E-state index contributed by atoms with van der Waals surface area (Å²) in [5.41, 5.74) is 3.16. The van der Waals surface area contributed by atoms with Crippen LogP contribution < -0.4 is 4.90 Å². The molecule has 0 bridgehead atoms. The van der Waals surface area contributed by atoms with Crippen molar-refractivity contribution in [3.05, 3.63) is 59.7 Å². The van der Waals surface area contributed by atoms with E-state index in [2.05, 4.69) is 4.98 Å². The second kappa shape index (κ2) is 7.09. The maximum atomic E-state index is 14.7. The van der Waals surface area contributed by atoms with Gasteiger partial charge in [0.25, 0.3) is 0 Å². The van der Waals surface area contributed by atoms with Gasteiger partial charge in [0.2, 0.25) is 5.89 Å². The lowest BCUT2D eigenvalue weighted by Crippen LogP contribution is -2.25. The molecule has 0 saturated carbocycles. The van der Waals surface area contributed by atoms with Crippen LogP contribution in [-0.4, -0.2) is 35.4 Å². The second-order valence-corrected chi connectivity index (χ2v) is 6.70. The summed E-state index contributed by atoms with van der Waals surface area (Å²) in [6, 6.07) is 11.8. The van der Waals surface area contributed by atoms with Crippen LogP contribution in [0.4, 0.5) is 14.9 Å². The number of ether oxygens (including phenoxy) is 1. The number of oxazole rings is 1. The van der Waals surface area contributed by atoms with Gasteiger partial charge in [-0.3, -0.25) is 4.90 Å². The van der Waals surface area contributed by atoms with Gasteiger partial charge in [0.15, 0.2) is 0 Å². The Morgan fingerprint density at radius 2 is 1.89 bits per heavy atom. The molecule has 1 atom stereocenters. The van der Waals surface area contributed by atoms with Crippen molar-refractivity contribution in [1.82, 2.24) is 4.98 Å². The van der Waals surface area contributed by atoms with Crippen molar-refractivity contribution in [2.24, 2.45) is 0 Å². The number of cyclic esters (lactones) is 1. The average Bonchev–Trinajstić information content (AvgIpc) is 3.24. The van der Waals surface area contributed by atoms with Crippen molar-refractivity contribution < 1.29 is 23.4 Å². The molecule has 0 unspecified atom stereocenters. The van der Waals surface area contributed by atoms with Crippen molar-refractivity contribution in [2.75, 3.05) is 18.1 Å². The molecule has 1 saturated heterocycles. The Labute approximate surface area is 161 Å². The highest BCUT2D eigenvalue weighted by Crippen LogP contribution is 2.30. The molecule has 2 heterocycles. The molecule has 1 fully saturated rings. The van der Waals surface area contributed by atoms with Gasteiger partial charge in [0.1, 0.15) is 17.7 Å². The fourth-order valence-electron chi connectivity index (χ4n) is 3.12. The SMILES string of the molecule is Cc1nc(-c2ccc(-c3ccc(N4C[C@H](CO)OC4=O)cc3F)cc2)oc1C. The molecule has 1 N–H and O–H groups in total. The van der Waals surface area contributed by atoms with E-state index < -0.39 is 18.0 Å². The summed E-state index contributed by atoms with van der Waals surface area (Å²) in [4.78, 5) is 17.5. The van der Waals surface area contributed by atoms with Gasteiger partial charge in [-0.25, -0.2) is 14.2 Å². The summed E-state index contributed by atoms with van der Waals surface area (Å²) in [5.74, 6) is 0.848. The first kappa shape index (κ1) is 18.2. The van der Waals surface area contributed by atoms with E-state index in [1.807, 2.05) is 26.0 Å². The van der Waals surface area contributed by atoms with Gasteiger partial charge in [0.05, 0.1) is 24.5 Å². The second-order valence-electron chi connectivity index (χ2n) is 6.70. The number of carbonyl (C=O) groups excluding carboxylic acids is 1. The topological polar surface area (TPSA) is 75.8 Å². The van der Waals surface area contributed by atoms with Crippen LogP contribution in [0, 0.1) is 19.7 Å². The Balaban J connectivity index is 1.59. The van der Waals surface area contributed by atoms with Crippen molar-refractivity contribution in [3.63, 3.8) is 0 Å². The number of aromatic nitrogens is 1. The summed E-state index contributed by atoms with van der Waals surface area (Å²) in [6.45, 7) is 3.67. The van der Waals surface area contributed by atoms with Crippen LogP contribution >= 0.6 is 0 Å². The van der Waals surface area contributed by atoms with Gasteiger partial charge < -0.3 is 14.3 Å². The number of nitrogens with zero attached hydrogens (tertiary/aromatic N) is 2. The third kappa shape index (κ3) is 3.25. The Morgan fingerprint density at radius 1 is 1.18 bits per heavy atom. The third-order valence-electron chi connectivity index (χ3n) is 4.81. The van der Waals surface area contributed by atoms with Crippen molar-refractivity contribution in [2.45, 2.75) is 20.0 Å². The summed E-state index contributed by atoms with van der Waals surface area (Å²) in [5, 5.41) is 9.13. The lowest BCUT2D eigenvalue weighted by molar-refractivity contribution is 0.0963. The normalized spacial score (nSPS) is 16.5. The van der Waals surface area contributed by atoms with E-state index in [0.29, 0.717) is 22.7 Å². The van der Waals surface area contributed by atoms with Gasteiger partial charge >= 0.3 is 6.09 Å². The monoisotopic (exact) mass is 382 g/mol. The van der Waals surface area contributed by atoms with Crippen LogP contribution in [0.15, 0.2) is 46.9 Å². The van der Waals surface area contributed by atoms with Gasteiger partial charge in [-0.2, -0.15) is 0 Å². The summed E-state index contributed by atoms with van der Waals surface area (Å²) < 4.78 is 25.3. The number of carbonyl (C=O) groups is 1. The molecule has 1 amide bonds. The molecular formula is C21H19FN2O4. The summed E-state index contributed by atoms with van der Waals surface area (Å²) in [6.07, 6.45) is -1.18. The highest BCUT2D eigenvalue weighted by atomic mass is 19.1. The van der Waals surface area contributed by atoms with Crippen LogP contribution in [0.3, 0.4) is 0 Å². The van der Waals surface area contributed by atoms with E-state index in [0.717, 1.165) is 17.0 Å². The molecule has 7 heteroatoms. The number of rotatable bonds is 4. The van der Waals surface area contributed by atoms with E-state index in [-0.39, 0.29) is 13.2 Å².